The van der Waals surface area contributed by atoms with E-state index < -0.39 is 0 Å². The molecule has 1 aromatic heterocycles. The van der Waals surface area contributed by atoms with Gasteiger partial charge < -0.3 is 5.73 Å². The molecule has 1 aliphatic heterocycles. The first kappa shape index (κ1) is 13.5. The topological polar surface area (TPSA) is 47.1 Å². The summed E-state index contributed by atoms with van der Waals surface area (Å²) in [6.45, 7) is 4.82. The van der Waals surface area contributed by atoms with E-state index in [1.807, 2.05) is 20.0 Å². The van der Waals surface area contributed by atoms with Crippen molar-refractivity contribution in [1.82, 2.24) is 14.7 Å². The molecule has 0 radical (unpaired) electrons. The van der Waals surface area contributed by atoms with Crippen LogP contribution in [0.3, 0.4) is 0 Å². The third kappa shape index (κ3) is 2.41. The molecule has 0 fully saturated rings. The molecule has 2 N–H and O–H groups in total. The molecule has 0 bridgehead atoms. The van der Waals surface area contributed by atoms with Crippen LogP contribution < -0.4 is 5.73 Å². The van der Waals surface area contributed by atoms with Crippen LogP contribution in [0, 0.1) is 6.92 Å². The van der Waals surface area contributed by atoms with Crippen LogP contribution in [0.15, 0.2) is 18.2 Å². The Morgan fingerprint density at radius 1 is 1.35 bits per heavy atom. The quantitative estimate of drug-likeness (QED) is 0.865. The summed E-state index contributed by atoms with van der Waals surface area (Å²) in [6.07, 6.45) is 1.06. The summed E-state index contributed by atoms with van der Waals surface area (Å²) >= 11 is 6.31. The second-order valence-electron chi connectivity index (χ2n) is 5.47. The van der Waals surface area contributed by atoms with Crippen LogP contribution >= 0.6 is 11.6 Å². The Hall–Kier alpha value is -1.52. The van der Waals surface area contributed by atoms with Crippen LogP contribution in [0.5, 0.6) is 0 Å². The van der Waals surface area contributed by atoms with Crippen LogP contribution in [-0.2, 0) is 26.6 Å². The number of fused-ring (bicyclic) bond motifs is 1. The molecule has 106 valence electrons. The van der Waals surface area contributed by atoms with Crippen molar-refractivity contribution in [1.29, 1.82) is 0 Å². The summed E-state index contributed by atoms with van der Waals surface area (Å²) in [4.78, 5) is 2.40. The maximum absolute atomic E-state index is 6.31. The lowest BCUT2D eigenvalue weighted by molar-refractivity contribution is 0.245. The number of halogens is 1. The van der Waals surface area contributed by atoms with E-state index in [1.54, 1.807) is 4.68 Å². The first-order chi connectivity index (χ1) is 9.54. The predicted octanol–water partition coefficient (Wildman–Crippen LogP) is 2.52. The number of hydrogen-bond acceptors (Lipinski definition) is 3. The minimum atomic E-state index is 0.737. The van der Waals surface area contributed by atoms with Crippen molar-refractivity contribution < 1.29 is 0 Å². The summed E-state index contributed by atoms with van der Waals surface area (Å²) in [5, 5.41) is 5.11. The predicted molar refractivity (Wildman–Crippen MR) is 81.6 cm³/mol. The molecule has 0 aliphatic carbocycles. The highest BCUT2D eigenvalue weighted by atomic mass is 35.5. The molecule has 1 aliphatic rings. The first-order valence-electron chi connectivity index (χ1n) is 6.82. The van der Waals surface area contributed by atoms with Crippen molar-refractivity contribution in [2.75, 3.05) is 12.3 Å². The van der Waals surface area contributed by atoms with E-state index in [9.17, 15) is 0 Å². The minimum Gasteiger partial charge on any atom is -0.399 e. The number of rotatable bonds is 2. The lowest BCUT2D eigenvalue weighted by Gasteiger charge is -2.28. The SMILES string of the molecule is Cc1nn(C)c(Cl)c1CN1CCc2ccc(N)cc2C1. The molecule has 4 nitrogen and oxygen atoms in total. The maximum Gasteiger partial charge on any atom is 0.131 e. The Morgan fingerprint density at radius 2 is 2.15 bits per heavy atom. The number of benzene rings is 1. The van der Waals surface area contributed by atoms with Crippen molar-refractivity contribution in [3.8, 4) is 0 Å². The van der Waals surface area contributed by atoms with Gasteiger partial charge >= 0.3 is 0 Å². The van der Waals surface area contributed by atoms with E-state index in [0.717, 1.165) is 48.2 Å². The third-order valence-corrected chi connectivity index (χ3v) is 4.45. The summed E-state index contributed by atoms with van der Waals surface area (Å²) < 4.78 is 1.74. The standard InChI is InChI=1S/C15H19ClN4/c1-10-14(15(16)19(2)18-10)9-20-6-5-11-3-4-13(17)7-12(11)8-20/h3-4,7H,5-6,8-9,17H2,1-2H3. The highest BCUT2D eigenvalue weighted by Crippen LogP contribution is 2.25. The van der Waals surface area contributed by atoms with Crippen molar-refractivity contribution in [3.05, 3.63) is 45.7 Å². The molecule has 3 rings (SSSR count). The van der Waals surface area contributed by atoms with Gasteiger partial charge in [-0.05, 0) is 36.6 Å². The van der Waals surface area contributed by atoms with Gasteiger partial charge in [-0.2, -0.15) is 5.10 Å². The molecule has 0 atom stereocenters. The molecule has 5 heteroatoms. The van der Waals surface area contributed by atoms with Gasteiger partial charge in [-0.1, -0.05) is 17.7 Å². The Bertz CT molecular complexity index is 648. The molecule has 0 spiro atoms. The molecule has 0 amide bonds. The van der Waals surface area contributed by atoms with Crippen LogP contribution in [0.2, 0.25) is 5.15 Å². The highest BCUT2D eigenvalue weighted by molar-refractivity contribution is 6.30. The van der Waals surface area contributed by atoms with Crippen LogP contribution in [0.4, 0.5) is 5.69 Å². The molecule has 0 saturated heterocycles. The number of nitrogen functional groups attached to an aromatic ring is 1. The Kier molecular flexibility index (Phi) is 3.44. The fourth-order valence-electron chi connectivity index (χ4n) is 2.85. The molecule has 2 aromatic rings. The number of nitrogens with zero attached hydrogens (tertiary/aromatic N) is 3. The van der Waals surface area contributed by atoms with Gasteiger partial charge in [-0.3, -0.25) is 9.58 Å². The van der Waals surface area contributed by atoms with Gasteiger partial charge in [0.2, 0.25) is 0 Å². The zero-order valence-electron chi connectivity index (χ0n) is 11.9. The summed E-state index contributed by atoms with van der Waals surface area (Å²) in [7, 11) is 1.88. The van der Waals surface area contributed by atoms with Gasteiger partial charge in [0.15, 0.2) is 0 Å². The largest absolute Gasteiger partial charge is 0.399 e. The third-order valence-electron chi connectivity index (χ3n) is 3.97. The van der Waals surface area contributed by atoms with E-state index in [1.165, 1.54) is 11.1 Å². The number of nitrogens with two attached hydrogens (primary N) is 1. The summed E-state index contributed by atoms with van der Waals surface area (Å²) in [6, 6.07) is 6.21. The molecule has 1 aromatic carbocycles. The van der Waals surface area contributed by atoms with E-state index in [2.05, 4.69) is 22.1 Å². The van der Waals surface area contributed by atoms with Crippen LogP contribution in [0.25, 0.3) is 0 Å². The van der Waals surface area contributed by atoms with Gasteiger partial charge in [0, 0.05) is 37.9 Å². The average Bonchev–Trinajstić information content (AvgIpc) is 2.65. The zero-order valence-corrected chi connectivity index (χ0v) is 12.6. The molecular formula is C15H19ClN4. The van der Waals surface area contributed by atoms with E-state index in [4.69, 9.17) is 17.3 Å². The van der Waals surface area contributed by atoms with E-state index in [-0.39, 0.29) is 0 Å². The van der Waals surface area contributed by atoms with Gasteiger partial charge in [0.1, 0.15) is 5.15 Å². The van der Waals surface area contributed by atoms with Crippen LogP contribution in [0.1, 0.15) is 22.4 Å². The van der Waals surface area contributed by atoms with Gasteiger partial charge in [-0.15, -0.1) is 0 Å². The Labute approximate surface area is 124 Å². The number of aromatic nitrogens is 2. The molecular weight excluding hydrogens is 272 g/mol. The second-order valence-corrected chi connectivity index (χ2v) is 5.83. The lowest BCUT2D eigenvalue weighted by Crippen LogP contribution is -2.30. The van der Waals surface area contributed by atoms with E-state index >= 15 is 0 Å². The normalized spacial score (nSPS) is 15.3. The fourth-order valence-corrected chi connectivity index (χ4v) is 3.08. The smallest absolute Gasteiger partial charge is 0.131 e. The monoisotopic (exact) mass is 290 g/mol. The number of aryl methyl sites for hydroxylation is 2. The molecule has 0 saturated carbocycles. The van der Waals surface area contributed by atoms with Crippen molar-refractivity contribution >= 4 is 17.3 Å². The van der Waals surface area contributed by atoms with Crippen molar-refractivity contribution in [3.63, 3.8) is 0 Å². The highest BCUT2D eigenvalue weighted by Gasteiger charge is 2.20. The zero-order chi connectivity index (χ0) is 14.3. The van der Waals surface area contributed by atoms with E-state index in [0.29, 0.717) is 0 Å². The Balaban J connectivity index is 1.80. The summed E-state index contributed by atoms with van der Waals surface area (Å²) in [5.74, 6) is 0. The van der Waals surface area contributed by atoms with Crippen LogP contribution in [-0.4, -0.2) is 21.2 Å². The summed E-state index contributed by atoms with van der Waals surface area (Å²) in [5.41, 5.74) is 11.6. The van der Waals surface area contributed by atoms with Gasteiger partial charge in [0.05, 0.1) is 5.69 Å². The van der Waals surface area contributed by atoms with Crippen molar-refractivity contribution in [2.45, 2.75) is 26.4 Å². The molecule has 0 unspecified atom stereocenters. The molecule has 20 heavy (non-hydrogen) atoms. The maximum atomic E-state index is 6.31. The molecule has 2 heterocycles. The fraction of sp³-hybridized carbons (Fsp3) is 0.400. The minimum absolute atomic E-state index is 0.737. The van der Waals surface area contributed by atoms with Gasteiger partial charge in [-0.25, -0.2) is 0 Å². The Morgan fingerprint density at radius 3 is 2.85 bits per heavy atom. The second kappa shape index (κ2) is 5.11. The average molecular weight is 291 g/mol. The lowest BCUT2D eigenvalue weighted by atomic mass is 9.99. The number of anilines is 1. The first-order valence-corrected chi connectivity index (χ1v) is 7.20. The number of hydrogen-bond donors (Lipinski definition) is 1. The van der Waals surface area contributed by atoms with Crippen molar-refractivity contribution in [2.24, 2.45) is 7.05 Å². The van der Waals surface area contributed by atoms with Gasteiger partial charge in [0.25, 0.3) is 0 Å².